The fraction of sp³-hybridized carbons (Fsp3) is 0.747. The van der Waals surface area contributed by atoms with E-state index in [9.17, 15) is 14.4 Å². The lowest BCUT2D eigenvalue weighted by Gasteiger charge is -2.18. The van der Waals surface area contributed by atoms with Gasteiger partial charge in [0, 0.05) is 19.3 Å². The molecule has 0 aromatic rings. The van der Waals surface area contributed by atoms with Gasteiger partial charge >= 0.3 is 17.9 Å². The van der Waals surface area contributed by atoms with Crippen molar-refractivity contribution in [3.8, 4) is 0 Å². The summed E-state index contributed by atoms with van der Waals surface area (Å²) in [5.41, 5.74) is 0. The van der Waals surface area contributed by atoms with Gasteiger partial charge in [-0.2, -0.15) is 0 Å². The highest BCUT2D eigenvalue weighted by molar-refractivity contribution is 5.71. The second-order valence-electron chi connectivity index (χ2n) is 23.1. The number of carbonyl (C=O) groups is 3. The Labute approximate surface area is 502 Å². The summed E-state index contributed by atoms with van der Waals surface area (Å²) in [7, 11) is 0. The maximum Gasteiger partial charge on any atom is 0.306 e. The molecule has 0 aliphatic carbocycles. The smallest absolute Gasteiger partial charge is 0.306 e. The summed E-state index contributed by atoms with van der Waals surface area (Å²) in [4.78, 5) is 38.1. The van der Waals surface area contributed by atoms with Crippen LogP contribution in [0.4, 0.5) is 0 Å². The van der Waals surface area contributed by atoms with Crippen molar-refractivity contribution in [3.63, 3.8) is 0 Å². The molecular formula is C75H130O6. The number of unbranched alkanes of at least 4 members (excludes halogenated alkanes) is 36. The molecule has 0 saturated carbocycles. The van der Waals surface area contributed by atoms with Gasteiger partial charge in [0.2, 0.25) is 0 Å². The molecule has 6 nitrogen and oxygen atoms in total. The van der Waals surface area contributed by atoms with E-state index in [1.54, 1.807) is 0 Å². The molecule has 0 N–H and O–H groups in total. The molecule has 1 unspecified atom stereocenters. The molecule has 0 saturated heterocycles. The van der Waals surface area contributed by atoms with E-state index in [1.807, 2.05) is 0 Å². The Bertz CT molecular complexity index is 1580. The molecule has 0 heterocycles. The first-order chi connectivity index (χ1) is 40.0. The van der Waals surface area contributed by atoms with Gasteiger partial charge in [0.05, 0.1) is 0 Å². The van der Waals surface area contributed by atoms with Gasteiger partial charge in [-0.25, -0.2) is 0 Å². The van der Waals surface area contributed by atoms with Crippen molar-refractivity contribution < 1.29 is 28.6 Å². The Hall–Kier alpha value is -3.67. The fourth-order valence-electron chi connectivity index (χ4n) is 9.93. The third-order valence-corrected chi connectivity index (χ3v) is 15.1. The second kappa shape index (κ2) is 68.8. The van der Waals surface area contributed by atoms with Crippen LogP contribution in [0.2, 0.25) is 0 Å². The largest absolute Gasteiger partial charge is 0.462 e. The first-order valence-corrected chi connectivity index (χ1v) is 34.7. The molecular weight excluding hydrogens is 997 g/mol. The van der Waals surface area contributed by atoms with Crippen molar-refractivity contribution in [2.45, 2.75) is 348 Å². The zero-order chi connectivity index (χ0) is 58.5. The van der Waals surface area contributed by atoms with E-state index in [4.69, 9.17) is 14.2 Å². The van der Waals surface area contributed by atoms with Crippen molar-refractivity contribution in [2.24, 2.45) is 0 Å². The van der Waals surface area contributed by atoms with Crippen molar-refractivity contribution in [1.29, 1.82) is 0 Å². The molecule has 0 aliphatic heterocycles. The Balaban J connectivity index is 4.09. The minimum Gasteiger partial charge on any atom is -0.462 e. The topological polar surface area (TPSA) is 78.9 Å². The van der Waals surface area contributed by atoms with Gasteiger partial charge < -0.3 is 14.2 Å². The summed E-state index contributed by atoms with van der Waals surface area (Å²) in [6.07, 6.45) is 93.3. The lowest BCUT2D eigenvalue weighted by Crippen LogP contribution is -2.30. The number of hydrogen-bond acceptors (Lipinski definition) is 6. The molecule has 0 rings (SSSR count). The second-order valence-corrected chi connectivity index (χ2v) is 23.1. The summed E-state index contributed by atoms with van der Waals surface area (Å²) in [5, 5.41) is 0. The summed E-state index contributed by atoms with van der Waals surface area (Å²) < 4.78 is 16.8. The van der Waals surface area contributed by atoms with Crippen molar-refractivity contribution >= 4 is 17.9 Å². The average molecular weight is 1130 g/mol. The zero-order valence-corrected chi connectivity index (χ0v) is 53.5. The Morgan fingerprint density at radius 3 is 0.753 bits per heavy atom. The third kappa shape index (κ3) is 67.0. The van der Waals surface area contributed by atoms with Crippen LogP contribution in [0, 0.1) is 0 Å². The summed E-state index contributed by atoms with van der Waals surface area (Å²) in [5.74, 6) is -0.890. The summed E-state index contributed by atoms with van der Waals surface area (Å²) >= 11 is 0. The maximum atomic E-state index is 12.9. The van der Waals surface area contributed by atoms with Crippen LogP contribution in [0.3, 0.4) is 0 Å². The first-order valence-electron chi connectivity index (χ1n) is 34.7. The Kier molecular flexibility index (Phi) is 65.7. The lowest BCUT2D eigenvalue weighted by molar-refractivity contribution is -0.167. The summed E-state index contributed by atoms with van der Waals surface area (Å²) in [6, 6.07) is 0. The van der Waals surface area contributed by atoms with Crippen LogP contribution in [-0.4, -0.2) is 37.2 Å². The standard InChI is InChI=1S/C75H130O6/c1-4-7-10-13-16-18-20-22-24-26-28-30-32-34-36-37-38-39-40-42-43-45-47-49-51-53-55-57-59-62-65-68-74(77)80-71-72(70-79-73(76)67-64-61-15-12-9-6-3)81-75(78)69-66-63-60-58-56-54-52-50-48-46-44-41-35-33-31-29-27-25-23-21-19-17-14-11-8-5-2/h7,10,16,18,22,24,28,30,34,36,38-39,42-43,47,49,72H,4-6,8-9,11-15,17,19-21,23,25-27,29,31-33,35,37,40-41,44-46,48,50-71H2,1-3H3/b10-7-,18-16-,24-22-,30-28-,36-34-,39-38-,43-42-,49-47-. The SMILES string of the molecule is CC/C=C\C/C=C\C/C=C\C/C=C\C/C=C\C/C=C\C/C=C\C/C=C\CCCCCCCCC(=O)OCC(COC(=O)CCCCCCCC)OC(=O)CCCCCCCCCCCCCCCCCCCCCCCCCCCC. The van der Waals surface area contributed by atoms with E-state index >= 15 is 0 Å². The monoisotopic (exact) mass is 1130 g/mol. The predicted molar refractivity (Wildman–Crippen MR) is 353 cm³/mol. The van der Waals surface area contributed by atoms with E-state index in [2.05, 4.69) is 118 Å². The van der Waals surface area contributed by atoms with Gasteiger partial charge in [-0.05, 0) is 83.5 Å². The molecule has 1 atom stereocenters. The van der Waals surface area contributed by atoms with Crippen molar-refractivity contribution in [2.75, 3.05) is 13.2 Å². The van der Waals surface area contributed by atoms with E-state index < -0.39 is 6.10 Å². The highest BCUT2D eigenvalue weighted by atomic mass is 16.6. The minimum absolute atomic E-state index is 0.0792. The summed E-state index contributed by atoms with van der Waals surface area (Å²) in [6.45, 7) is 6.49. The number of carbonyl (C=O) groups excluding carboxylic acids is 3. The normalized spacial score (nSPS) is 12.7. The third-order valence-electron chi connectivity index (χ3n) is 15.1. The molecule has 0 fully saturated rings. The Morgan fingerprint density at radius 2 is 0.481 bits per heavy atom. The highest BCUT2D eigenvalue weighted by Crippen LogP contribution is 2.18. The van der Waals surface area contributed by atoms with Crippen molar-refractivity contribution in [3.05, 3.63) is 97.2 Å². The number of allylic oxidation sites excluding steroid dienone is 16. The van der Waals surface area contributed by atoms with E-state index in [0.29, 0.717) is 19.3 Å². The predicted octanol–water partition coefficient (Wildman–Crippen LogP) is 24.0. The van der Waals surface area contributed by atoms with Crippen LogP contribution in [0.15, 0.2) is 97.2 Å². The quantitative estimate of drug-likeness (QED) is 0.0261. The molecule has 0 amide bonds. The van der Waals surface area contributed by atoms with Crippen LogP contribution in [0.25, 0.3) is 0 Å². The van der Waals surface area contributed by atoms with Gasteiger partial charge in [-0.1, -0.05) is 336 Å². The molecule has 0 spiro atoms. The molecule has 466 valence electrons. The van der Waals surface area contributed by atoms with Crippen LogP contribution in [-0.2, 0) is 28.6 Å². The van der Waals surface area contributed by atoms with E-state index in [0.717, 1.165) is 122 Å². The van der Waals surface area contributed by atoms with E-state index in [1.165, 1.54) is 180 Å². The number of hydrogen-bond donors (Lipinski definition) is 0. The van der Waals surface area contributed by atoms with Crippen molar-refractivity contribution in [1.82, 2.24) is 0 Å². The lowest BCUT2D eigenvalue weighted by atomic mass is 10.0. The van der Waals surface area contributed by atoms with Gasteiger partial charge in [-0.15, -0.1) is 0 Å². The molecule has 0 aromatic carbocycles. The van der Waals surface area contributed by atoms with E-state index in [-0.39, 0.29) is 31.1 Å². The molecule has 0 aliphatic rings. The number of esters is 3. The fourth-order valence-corrected chi connectivity index (χ4v) is 9.93. The van der Waals surface area contributed by atoms with Crippen LogP contribution >= 0.6 is 0 Å². The number of rotatable bonds is 63. The average Bonchev–Trinajstić information content (AvgIpc) is 3.47. The molecule has 6 heteroatoms. The molecule has 0 bridgehead atoms. The molecule has 81 heavy (non-hydrogen) atoms. The van der Waals surface area contributed by atoms with Crippen LogP contribution in [0.1, 0.15) is 342 Å². The molecule has 0 aromatic heterocycles. The van der Waals surface area contributed by atoms with Gasteiger partial charge in [-0.3, -0.25) is 14.4 Å². The highest BCUT2D eigenvalue weighted by Gasteiger charge is 2.19. The minimum atomic E-state index is -0.780. The first kappa shape index (κ1) is 77.3. The van der Waals surface area contributed by atoms with Gasteiger partial charge in [0.25, 0.3) is 0 Å². The van der Waals surface area contributed by atoms with Gasteiger partial charge in [0.1, 0.15) is 13.2 Å². The molecule has 0 radical (unpaired) electrons. The van der Waals surface area contributed by atoms with Gasteiger partial charge in [0.15, 0.2) is 6.10 Å². The van der Waals surface area contributed by atoms with Crippen LogP contribution < -0.4 is 0 Å². The zero-order valence-electron chi connectivity index (χ0n) is 53.5. The number of ether oxygens (including phenoxy) is 3. The Morgan fingerprint density at radius 1 is 0.259 bits per heavy atom. The van der Waals surface area contributed by atoms with Crippen LogP contribution in [0.5, 0.6) is 0 Å². The maximum absolute atomic E-state index is 12.9.